The van der Waals surface area contributed by atoms with E-state index in [1.54, 1.807) is 0 Å². The lowest BCUT2D eigenvalue weighted by Gasteiger charge is -2.42. The minimum Gasteiger partial charge on any atom is -0.312 e. The third kappa shape index (κ3) is 1.42. The van der Waals surface area contributed by atoms with Crippen LogP contribution in [0.15, 0.2) is 0 Å². The molecule has 64 valence electrons. The molecule has 2 heterocycles. The van der Waals surface area contributed by atoms with Crippen molar-refractivity contribution < 1.29 is 0 Å². The molecule has 0 spiro atoms. The molecule has 2 aliphatic rings. The average molecular weight is 154 g/mol. The maximum Gasteiger partial charge on any atom is 0.0246 e. The van der Waals surface area contributed by atoms with Crippen molar-refractivity contribution in [2.24, 2.45) is 0 Å². The lowest BCUT2D eigenvalue weighted by molar-refractivity contribution is 0.113. The fraction of sp³-hybridized carbons (Fsp3) is 1.00. The van der Waals surface area contributed by atoms with Crippen molar-refractivity contribution in [3.05, 3.63) is 0 Å². The summed E-state index contributed by atoms with van der Waals surface area (Å²) >= 11 is 0. The number of hydrogen-bond donors (Lipinski definition) is 1. The van der Waals surface area contributed by atoms with E-state index < -0.39 is 0 Å². The van der Waals surface area contributed by atoms with Crippen LogP contribution in [0.4, 0.5) is 0 Å². The van der Waals surface area contributed by atoms with Gasteiger partial charge in [-0.1, -0.05) is 0 Å². The first-order valence-corrected chi connectivity index (χ1v) is 4.81. The molecule has 0 saturated carbocycles. The second kappa shape index (κ2) is 3.11. The number of piperidine rings is 2. The molecule has 0 aliphatic carbocycles. The lowest BCUT2D eigenvalue weighted by Crippen LogP contribution is -2.55. The molecular weight excluding hydrogens is 136 g/mol. The monoisotopic (exact) mass is 154 g/mol. The summed E-state index contributed by atoms with van der Waals surface area (Å²) in [4.78, 5) is 2.53. The third-order valence-corrected chi connectivity index (χ3v) is 3.14. The molecule has 0 aromatic heterocycles. The van der Waals surface area contributed by atoms with E-state index >= 15 is 0 Å². The predicted octanol–water partition coefficient (Wildman–Crippen LogP) is 0.833. The molecule has 11 heavy (non-hydrogen) atoms. The number of likely N-dealkylation sites (tertiary alicyclic amines) is 1. The van der Waals surface area contributed by atoms with Gasteiger partial charge < -0.3 is 10.2 Å². The second-order valence-electron chi connectivity index (χ2n) is 3.89. The standard InChI is InChI=1S/C9H18N2/c1-11-7-3-4-8-9(11)5-2-6-10-8/h8-10H,2-7H2,1H3/t8-,9+/m1/s1. The first-order chi connectivity index (χ1) is 5.38. The summed E-state index contributed by atoms with van der Waals surface area (Å²) in [7, 11) is 2.27. The van der Waals surface area contributed by atoms with Crippen LogP contribution < -0.4 is 5.32 Å². The molecule has 0 radical (unpaired) electrons. The number of hydrogen-bond acceptors (Lipinski definition) is 2. The zero-order valence-electron chi connectivity index (χ0n) is 7.34. The summed E-state index contributed by atoms with van der Waals surface area (Å²) in [5, 5.41) is 3.61. The van der Waals surface area contributed by atoms with Crippen LogP contribution in [-0.2, 0) is 0 Å². The van der Waals surface area contributed by atoms with E-state index in [1.165, 1.54) is 38.8 Å². The maximum atomic E-state index is 3.61. The molecule has 0 amide bonds. The van der Waals surface area contributed by atoms with Gasteiger partial charge in [0.1, 0.15) is 0 Å². The molecule has 0 unspecified atom stereocenters. The first-order valence-electron chi connectivity index (χ1n) is 4.81. The molecule has 2 nitrogen and oxygen atoms in total. The first kappa shape index (κ1) is 7.56. The Kier molecular flexibility index (Phi) is 2.14. The van der Waals surface area contributed by atoms with Crippen molar-refractivity contribution in [3.8, 4) is 0 Å². The Morgan fingerprint density at radius 2 is 2.18 bits per heavy atom. The van der Waals surface area contributed by atoms with Gasteiger partial charge in [-0.25, -0.2) is 0 Å². The van der Waals surface area contributed by atoms with E-state index in [2.05, 4.69) is 17.3 Å². The molecule has 0 aromatic carbocycles. The van der Waals surface area contributed by atoms with Crippen LogP contribution in [-0.4, -0.2) is 37.1 Å². The van der Waals surface area contributed by atoms with Gasteiger partial charge in [0.25, 0.3) is 0 Å². The van der Waals surface area contributed by atoms with Crippen LogP contribution >= 0.6 is 0 Å². The minimum atomic E-state index is 0.808. The van der Waals surface area contributed by atoms with Crippen molar-refractivity contribution in [1.82, 2.24) is 10.2 Å². The quantitative estimate of drug-likeness (QED) is 0.556. The van der Waals surface area contributed by atoms with E-state index in [0.717, 1.165) is 12.1 Å². The maximum absolute atomic E-state index is 3.61. The Morgan fingerprint density at radius 3 is 3.00 bits per heavy atom. The minimum absolute atomic E-state index is 0.808. The van der Waals surface area contributed by atoms with E-state index in [-0.39, 0.29) is 0 Å². The SMILES string of the molecule is CN1CCC[C@H]2NCCC[C@@H]21. The van der Waals surface area contributed by atoms with Gasteiger partial charge >= 0.3 is 0 Å². The Labute approximate surface area is 69.0 Å². The molecule has 2 fully saturated rings. The van der Waals surface area contributed by atoms with Crippen LogP contribution in [0, 0.1) is 0 Å². The zero-order chi connectivity index (χ0) is 7.68. The van der Waals surface area contributed by atoms with Gasteiger partial charge in [-0.3, -0.25) is 0 Å². The Hall–Kier alpha value is -0.0800. The summed E-state index contributed by atoms with van der Waals surface area (Å²) in [5.74, 6) is 0. The van der Waals surface area contributed by atoms with Gasteiger partial charge in [-0.05, 0) is 45.8 Å². The summed E-state index contributed by atoms with van der Waals surface area (Å²) in [6.45, 7) is 2.55. The van der Waals surface area contributed by atoms with Gasteiger partial charge in [0.15, 0.2) is 0 Å². The van der Waals surface area contributed by atoms with Gasteiger partial charge in [-0.15, -0.1) is 0 Å². The topological polar surface area (TPSA) is 15.3 Å². The number of rotatable bonds is 0. The number of nitrogens with zero attached hydrogens (tertiary/aromatic N) is 1. The van der Waals surface area contributed by atoms with Crippen LogP contribution in [0.3, 0.4) is 0 Å². The average Bonchev–Trinajstić information content (AvgIpc) is 2.06. The molecule has 0 aromatic rings. The largest absolute Gasteiger partial charge is 0.312 e. The normalized spacial score (nSPS) is 40.1. The van der Waals surface area contributed by atoms with Crippen molar-refractivity contribution in [2.45, 2.75) is 37.8 Å². The highest BCUT2D eigenvalue weighted by Crippen LogP contribution is 2.22. The molecular formula is C9H18N2. The highest BCUT2D eigenvalue weighted by Gasteiger charge is 2.30. The highest BCUT2D eigenvalue weighted by atomic mass is 15.2. The molecule has 0 bridgehead atoms. The van der Waals surface area contributed by atoms with E-state index in [9.17, 15) is 0 Å². The summed E-state index contributed by atoms with van der Waals surface area (Å²) in [5.41, 5.74) is 0. The van der Waals surface area contributed by atoms with Crippen LogP contribution in [0.25, 0.3) is 0 Å². The predicted molar refractivity (Wildman–Crippen MR) is 46.7 cm³/mol. The molecule has 1 N–H and O–H groups in total. The van der Waals surface area contributed by atoms with Gasteiger partial charge in [0.2, 0.25) is 0 Å². The van der Waals surface area contributed by atoms with Crippen molar-refractivity contribution in [1.29, 1.82) is 0 Å². The fourth-order valence-electron chi connectivity index (χ4n) is 2.48. The number of fused-ring (bicyclic) bond motifs is 1. The summed E-state index contributed by atoms with van der Waals surface area (Å²) in [6, 6.07) is 1.65. The van der Waals surface area contributed by atoms with E-state index in [4.69, 9.17) is 0 Å². The van der Waals surface area contributed by atoms with E-state index in [1.807, 2.05) is 0 Å². The van der Waals surface area contributed by atoms with E-state index in [0.29, 0.717) is 0 Å². The van der Waals surface area contributed by atoms with Gasteiger partial charge in [0.05, 0.1) is 0 Å². The number of likely N-dealkylation sites (N-methyl/N-ethyl adjacent to an activating group) is 1. The third-order valence-electron chi connectivity index (χ3n) is 3.14. The smallest absolute Gasteiger partial charge is 0.0246 e. The van der Waals surface area contributed by atoms with Crippen molar-refractivity contribution >= 4 is 0 Å². The van der Waals surface area contributed by atoms with Gasteiger partial charge in [0, 0.05) is 12.1 Å². The molecule has 2 saturated heterocycles. The van der Waals surface area contributed by atoms with Crippen molar-refractivity contribution in [3.63, 3.8) is 0 Å². The Bertz CT molecular complexity index is 134. The molecule has 2 aliphatic heterocycles. The van der Waals surface area contributed by atoms with Crippen LogP contribution in [0.1, 0.15) is 25.7 Å². The molecule has 2 rings (SSSR count). The van der Waals surface area contributed by atoms with Crippen LogP contribution in [0.2, 0.25) is 0 Å². The zero-order valence-corrected chi connectivity index (χ0v) is 7.34. The number of nitrogens with one attached hydrogen (secondary N) is 1. The summed E-state index contributed by atoms with van der Waals surface area (Å²) < 4.78 is 0. The lowest BCUT2D eigenvalue weighted by atomic mass is 9.90. The molecule has 2 atom stereocenters. The van der Waals surface area contributed by atoms with Gasteiger partial charge in [-0.2, -0.15) is 0 Å². The summed E-state index contributed by atoms with van der Waals surface area (Å²) in [6.07, 6.45) is 5.55. The fourth-order valence-corrected chi connectivity index (χ4v) is 2.48. The van der Waals surface area contributed by atoms with Crippen molar-refractivity contribution in [2.75, 3.05) is 20.1 Å². The second-order valence-corrected chi connectivity index (χ2v) is 3.89. The molecule has 2 heteroatoms. The Morgan fingerprint density at radius 1 is 1.27 bits per heavy atom. The van der Waals surface area contributed by atoms with Crippen LogP contribution in [0.5, 0.6) is 0 Å². The Balaban J connectivity index is 1.99. The highest BCUT2D eigenvalue weighted by molar-refractivity contribution is 4.90.